The highest BCUT2D eigenvalue weighted by Gasteiger charge is 2.26. The molecule has 0 saturated carbocycles. The van der Waals surface area contributed by atoms with E-state index >= 15 is 0 Å². The number of para-hydroxylation sites is 2. The van der Waals surface area contributed by atoms with E-state index in [1.807, 2.05) is 24.1 Å². The van der Waals surface area contributed by atoms with E-state index in [9.17, 15) is 14.9 Å². The number of nitrogens with one attached hydrogen (secondary N) is 1. The summed E-state index contributed by atoms with van der Waals surface area (Å²) >= 11 is 0. The fourth-order valence-corrected chi connectivity index (χ4v) is 3.26. The summed E-state index contributed by atoms with van der Waals surface area (Å²) in [6, 6.07) is 14.6. The minimum Gasteiger partial charge on any atom is -0.319 e. The minimum absolute atomic E-state index is 0.0975. The van der Waals surface area contributed by atoms with Crippen molar-refractivity contribution in [3.8, 4) is 0 Å². The minimum atomic E-state index is -0.494. The van der Waals surface area contributed by atoms with Crippen molar-refractivity contribution < 1.29 is 9.72 Å². The number of carbonyl (C=O) groups is 1. The van der Waals surface area contributed by atoms with Crippen LogP contribution in [0.1, 0.15) is 23.6 Å². The summed E-state index contributed by atoms with van der Waals surface area (Å²) in [6.45, 7) is 0.186. The summed E-state index contributed by atoms with van der Waals surface area (Å²) in [7, 11) is 1.91. The van der Waals surface area contributed by atoms with Crippen molar-refractivity contribution in [2.75, 3.05) is 18.9 Å². The zero-order valence-corrected chi connectivity index (χ0v) is 13.4. The van der Waals surface area contributed by atoms with E-state index in [-0.39, 0.29) is 29.9 Å². The highest BCUT2D eigenvalue weighted by atomic mass is 16.6. The Bertz CT molecular complexity index is 776. The fourth-order valence-electron chi connectivity index (χ4n) is 3.26. The van der Waals surface area contributed by atoms with E-state index in [1.54, 1.807) is 18.2 Å². The van der Waals surface area contributed by atoms with Crippen LogP contribution in [0.2, 0.25) is 0 Å². The highest BCUT2D eigenvalue weighted by molar-refractivity contribution is 5.94. The van der Waals surface area contributed by atoms with E-state index in [1.165, 1.54) is 17.2 Å². The molecule has 1 amide bonds. The lowest BCUT2D eigenvalue weighted by Gasteiger charge is -2.24. The van der Waals surface area contributed by atoms with Crippen LogP contribution in [0.15, 0.2) is 48.5 Å². The third-order valence-electron chi connectivity index (χ3n) is 4.40. The molecule has 0 bridgehead atoms. The average molecular weight is 325 g/mol. The summed E-state index contributed by atoms with van der Waals surface area (Å²) in [5, 5.41) is 13.7. The van der Waals surface area contributed by atoms with Crippen LogP contribution in [0, 0.1) is 10.1 Å². The number of hydrogen-bond donors (Lipinski definition) is 1. The van der Waals surface area contributed by atoms with Crippen molar-refractivity contribution in [2.24, 2.45) is 0 Å². The molecule has 0 saturated heterocycles. The molecule has 6 nitrogen and oxygen atoms in total. The molecule has 124 valence electrons. The molecule has 24 heavy (non-hydrogen) atoms. The molecule has 0 unspecified atom stereocenters. The molecule has 1 N–H and O–H groups in total. The first kappa shape index (κ1) is 16.1. The van der Waals surface area contributed by atoms with Crippen LogP contribution < -0.4 is 5.32 Å². The van der Waals surface area contributed by atoms with Gasteiger partial charge < -0.3 is 5.32 Å². The lowest BCUT2D eigenvalue weighted by Crippen LogP contribution is -2.32. The standard InChI is InChI=1S/C18H19N3O3/c1-20(16-11-10-13-6-2-3-7-14(13)16)12-18(22)19-15-8-4-5-9-17(15)21(23)24/h2-9,16H,10-12H2,1H3,(H,19,22)/t16-/m1/s1. The number of fused-ring (bicyclic) bond motifs is 1. The van der Waals surface area contributed by atoms with E-state index < -0.39 is 4.92 Å². The Morgan fingerprint density at radius 2 is 1.96 bits per heavy atom. The van der Waals surface area contributed by atoms with Crippen LogP contribution in [-0.2, 0) is 11.2 Å². The maximum Gasteiger partial charge on any atom is 0.292 e. The van der Waals surface area contributed by atoms with Crippen molar-refractivity contribution in [3.63, 3.8) is 0 Å². The van der Waals surface area contributed by atoms with Gasteiger partial charge in [-0.15, -0.1) is 0 Å². The fraction of sp³-hybridized carbons (Fsp3) is 0.278. The number of nitro groups is 1. The monoisotopic (exact) mass is 325 g/mol. The first-order valence-corrected chi connectivity index (χ1v) is 7.87. The number of nitrogens with zero attached hydrogens (tertiary/aromatic N) is 2. The van der Waals surface area contributed by atoms with Gasteiger partial charge in [0.15, 0.2) is 0 Å². The van der Waals surface area contributed by atoms with Gasteiger partial charge in [0, 0.05) is 12.1 Å². The lowest BCUT2D eigenvalue weighted by molar-refractivity contribution is -0.383. The van der Waals surface area contributed by atoms with E-state index in [0.29, 0.717) is 0 Å². The van der Waals surface area contributed by atoms with Crippen LogP contribution >= 0.6 is 0 Å². The molecule has 2 aromatic rings. The largest absolute Gasteiger partial charge is 0.319 e. The number of rotatable bonds is 5. The number of benzene rings is 2. The molecule has 0 fully saturated rings. The number of anilines is 1. The first-order valence-electron chi connectivity index (χ1n) is 7.87. The molecule has 1 aliphatic carbocycles. The van der Waals surface area contributed by atoms with Crippen molar-refractivity contribution in [1.82, 2.24) is 4.90 Å². The van der Waals surface area contributed by atoms with Crippen molar-refractivity contribution >= 4 is 17.3 Å². The normalized spacial score (nSPS) is 16.0. The van der Waals surface area contributed by atoms with Gasteiger partial charge in [0.25, 0.3) is 5.69 Å². The van der Waals surface area contributed by atoms with E-state index in [0.717, 1.165) is 12.8 Å². The van der Waals surface area contributed by atoms with Gasteiger partial charge in [0.05, 0.1) is 11.5 Å². The quantitative estimate of drug-likeness (QED) is 0.677. The van der Waals surface area contributed by atoms with Gasteiger partial charge in [-0.1, -0.05) is 36.4 Å². The van der Waals surface area contributed by atoms with E-state index in [2.05, 4.69) is 17.4 Å². The van der Waals surface area contributed by atoms with Crippen molar-refractivity contribution in [3.05, 3.63) is 69.8 Å². The Kier molecular flexibility index (Phi) is 4.57. The molecule has 0 spiro atoms. The van der Waals surface area contributed by atoms with Crippen LogP contribution in [0.25, 0.3) is 0 Å². The number of aryl methyl sites for hydroxylation is 1. The van der Waals surface area contributed by atoms with Gasteiger partial charge >= 0.3 is 0 Å². The molecule has 0 aromatic heterocycles. The Hall–Kier alpha value is -2.73. The molecule has 3 rings (SSSR count). The predicted molar refractivity (Wildman–Crippen MR) is 91.9 cm³/mol. The van der Waals surface area contributed by atoms with Gasteiger partial charge in [-0.05, 0) is 37.1 Å². The van der Waals surface area contributed by atoms with Gasteiger partial charge in [0.2, 0.25) is 5.91 Å². The molecule has 0 heterocycles. The number of carbonyl (C=O) groups excluding carboxylic acids is 1. The summed E-state index contributed by atoms with van der Waals surface area (Å²) < 4.78 is 0. The third kappa shape index (κ3) is 3.28. The molecule has 1 aliphatic rings. The summed E-state index contributed by atoms with van der Waals surface area (Å²) in [4.78, 5) is 24.8. The number of amides is 1. The Labute approximate surface area is 140 Å². The van der Waals surface area contributed by atoms with Crippen molar-refractivity contribution in [2.45, 2.75) is 18.9 Å². The molecule has 6 heteroatoms. The Balaban J connectivity index is 1.67. The van der Waals surface area contributed by atoms with Gasteiger partial charge in [-0.2, -0.15) is 0 Å². The second-order valence-electron chi connectivity index (χ2n) is 5.99. The second kappa shape index (κ2) is 6.80. The summed E-state index contributed by atoms with van der Waals surface area (Å²) in [5.74, 6) is -0.254. The maximum absolute atomic E-state index is 12.3. The number of hydrogen-bond acceptors (Lipinski definition) is 4. The predicted octanol–water partition coefficient (Wildman–Crippen LogP) is 3.15. The van der Waals surface area contributed by atoms with Crippen LogP contribution in [-0.4, -0.2) is 29.3 Å². The topological polar surface area (TPSA) is 75.5 Å². The molecular formula is C18H19N3O3. The molecule has 0 aliphatic heterocycles. The number of likely N-dealkylation sites (N-methyl/N-ethyl adjacent to an activating group) is 1. The first-order chi connectivity index (χ1) is 11.6. The second-order valence-corrected chi connectivity index (χ2v) is 5.99. The lowest BCUT2D eigenvalue weighted by atomic mass is 10.1. The SMILES string of the molecule is CN(CC(=O)Nc1ccccc1[N+](=O)[O-])[C@@H]1CCc2ccccc21. The smallest absolute Gasteiger partial charge is 0.292 e. The highest BCUT2D eigenvalue weighted by Crippen LogP contribution is 2.34. The molecular weight excluding hydrogens is 306 g/mol. The summed E-state index contributed by atoms with van der Waals surface area (Å²) in [5.41, 5.74) is 2.72. The van der Waals surface area contributed by atoms with Crippen molar-refractivity contribution in [1.29, 1.82) is 0 Å². The molecule has 1 atom stereocenters. The van der Waals surface area contributed by atoms with Crippen LogP contribution in [0.5, 0.6) is 0 Å². The van der Waals surface area contributed by atoms with Crippen LogP contribution in [0.3, 0.4) is 0 Å². The zero-order chi connectivity index (χ0) is 17.1. The van der Waals surface area contributed by atoms with Gasteiger partial charge in [-0.3, -0.25) is 19.8 Å². The average Bonchev–Trinajstić information content (AvgIpc) is 2.99. The van der Waals surface area contributed by atoms with Gasteiger partial charge in [-0.25, -0.2) is 0 Å². The third-order valence-corrected chi connectivity index (χ3v) is 4.40. The molecule has 2 aromatic carbocycles. The molecule has 0 radical (unpaired) electrons. The van der Waals surface area contributed by atoms with E-state index in [4.69, 9.17) is 0 Å². The maximum atomic E-state index is 12.3. The Morgan fingerprint density at radius 3 is 2.75 bits per heavy atom. The zero-order valence-electron chi connectivity index (χ0n) is 13.4. The summed E-state index contributed by atoms with van der Waals surface area (Å²) in [6.07, 6.45) is 1.99. The number of nitro benzene ring substituents is 1. The van der Waals surface area contributed by atoms with Crippen LogP contribution in [0.4, 0.5) is 11.4 Å². The Morgan fingerprint density at radius 1 is 1.25 bits per heavy atom. The van der Waals surface area contributed by atoms with Gasteiger partial charge in [0.1, 0.15) is 5.69 Å².